The minimum atomic E-state index is -0.767. The molecule has 0 saturated heterocycles. The molecule has 30 heavy (non-hydrogen) atoms. The van der Waals surface area contributed by atoms with Crippen molar-refractivity contribution in [3.63, 3.8) is 0 Å². The molecule has 158 valence electrons. The molecule has 1 atom stereocenters. The molecule has 0 aliphatic rings. The molecule has 3 N–H and O–H groups in total. The fraction of sp³-hybridized carbons (Fsp3) is 0.304. The van der Waals surface area contributed by atoms with E-state index in [4.69, 9.17) is 0 Å². The molecule has 0 saturated carbocycles. The summed E-state index contributed by atoms with van der Waals surface area (Å²) in [5, 5.41) is 21.3. The van der Waals surface area contributed by atoms with Crippen molar-refractivity contribution in [2.24, 2.45) is 4.99 Å². The van der Waals surface area contributed by atoms with Gasteiger partial charge in [-0.2, -0.15) is 5.10 Å². The van der Waals surface area contributed by atoms with Crippen LogP contribution in [0.4, 0.5) is 4.39 Å². The SMILES string of the molecule is CCNC(=NCc1ccccc1-n1nc(C)cc1C)NCC(O)c1ccc(F)cc1. The maximum Gasteiger partial charge on any atom is 0.191 e. The van der Waals surface area contributed by atoms with Gasteiger partial charge in [0, 0.05) is 18.8 Å². The number of rotatable bonds is 7. The molecule has 0 fully saturated rings. The van der Waals surface area contributed by atoms with Crippen molar-refractivity contribution in [1.82, 2.24) is 20.4 Å². The van der Waals surface area contributed by atoms with Crippen molar-refractivity contribution in [3.8, 4) is 5.69 Å². The maximum absolute atomic E-state index is 13.1. The highest BCUT2D eigenvalue weighted by Crippen LogP contribution is 2.18. The predicted octanol–water partition coefficient (Wildman–Crippen LogP) is 3.42. The molecular weight excluding hydrogens is 381 g/mol. The lowest BCUT2D eigenvalue weighted by Crippen LogP contribution is -2.39. The summed E-state index contributed by atoms with van der Waals surface area (Å²) in [6.45, 7) is 7.40. The number of aliphatic hydroxyl groups is 1. The van der Waals surface area contributed by atoms with Crippen molar-refractivity contribution >= 4 is 5.96 Å². The van der Waals surface area contributed by atoms with Crippen LogP contribution in [0.25, 0.3) is 5.69 Å². The average molecular weight is 410 g/mol. The van der Waals surface area contributed by atoms with Gasteiger partial charge in [-0.05, 0) is 56.2 Å². The first-order chi connectivity index (χ1) is 14.5. The van der Waals surface area contributed by atoms with Crippen LogP contribution in [-0.2, 0) is 6.54 Å². The maximum atomic E-state index is 13.1. The van der Waals surface area contributed by atoms with Crippen molar-refractivity contribution in [2.45, 2.75) is 33.4 Å². The third-order valence-electron chi connectivity index (χ3n) is 4.70. The quantitative estimate of drug-likeness (QED) is 0.413. The number of aryl methyl sites for hydroxylation is 2. The highest BCUT2D eigenvalue weighted by molar-refractivity contribution is 5.79. The summed E-state index contributed by atoms with van der Waals surface area (Å²) in [6, 6.07) is 15.9. The third-order valence-corrected chi connectivity index (χ3v) is 4.70. The first kappa shape index (κ1) is 21.5. The molecule has 0 aliphatic heterocycles. The van der Waals surface area contributed by atoms with Crippen LogP contribution in [0, 0.1) is 19.7 Å². The van der Waals surface area contributed by atoms with Crippen molar-refractivity contribution < 1.29 is 9.50 Å². The van der Waals surface area contributed by atoms with Crippen LogP contribution in [0.15, 0.2) is 59.6 Å². The average Bonchev–Trinajstić information content (AvgIpc) is 3.08. The van der Waals surface area contributed by atoms with E-state index in [0.29, 0.717) is 24.6 Å². The molecule has 3 rings (SSSR count). The van der Waals surface area contributed by atoms with Crippen molar-refractivity contribution in [2.75, 3.05) is 13.1 Å². The molecule has 0 bridgehead atoms. The number of para-hydroxylation sites is 1. The number of aliphatic hydroxyl groups excluding tert-OH is 1. The van der Waals surface area contributed by atoms with E-state index in [1.54, 1.807) is 12.1 Å². The van der Waals surface area contributed by atoms with Gasteiger partial charge in [-0.1, -0.05) is 30.3 Å². The lowest BCUT2D eigenvalue weighted by Gasteiger charge is -2.16. The Morgan fingerprint density at radius 1 is 1.13 bits per heavy atom. The molecule has 2 aromatic carbocycles. The van der Waals surface area contributed by atoms with Gasteiger partial charge >= 0.3 is 0 Å². The first-order valence-electron chi connectivity index (χ1n) is 10.0. The molecule has 0 spiro atoms. The molecular formula is C23H28FN5O. The van der Waals surface area contributed by atoms with Gasteiger partial charge in [-0.25, -0.2) is 14.1 Å². The second kappa shape index (κ2) is 10.0. The number of aliphatic imine (C=N–C) groups is 1. The van der Waals surface area contributed by atoms with Gasteiger partial charge in [-0.15, -0.1) is 0 Å². The Morgan fingerprint density at radius 3 is 2.53 bits per heavy atom. The van der Waals surface area contributed by atoms with E-state index in [0.717, 1.165) is 22.6 Å². The number of nitrogens with one attached hydrogen (secondary N) is 2. The van der Waals surface area contributed by atoms with Gasteiger partial charge in [0.15, 0.2) is 5.96 Å². The number of aromatic nitrogens is 2. The lowest BCUT2D eigenvalue weighted by atomic mass is 10.1. The van der Waals surface area contributed by atoms with Gasteiger partial charge < -0.3 is 15.7 Å². The number of nitrogens with zero attached hydrogens (tertiary/aromatic N) is 3. The Labute approximate surface area is 176 Å². The summed E-state index contributed by atoms with van der Waals surface area (Å²) in [7, 11) is 0. The minimum Gasteiger partial charge on any atom is -0.387 e. The minimum absolute atomic E-state index is 0.260. The largest absolute Gasteiger partial charge is 0.387 e. The third kappa shape index (κ3) is 5.45. The van der Waals surface area contributed by atoms with Gasteiger partial charge in [0.1, 0.15) is 5.82 Å². The Hall–Kier alpha value is -3.19. The molecule has 0 aliphatic carbocycles. The molecule has 1 unspecified atom stereocenters. The van der Waals surface area contributed by atoms with Gasteiger partial charge in [-0.3, -0.25) is 0 Å². The Kier molecular flexibility index (Phi) is 7.19. The monoisotopic (exact) mass is 409 g/mol. The van der Waals surface area contributed by atoms with Crippen molar-refractivity contribution in [1.29, 1.82) is 0 Å². The summed E-state index contributed by atoms with van der Waals surface area (Å²) >= 11 is 0. The number of benzene rings is 2. The molecule has 0 radical (unpaired) electrons. The van der Waals surface area contributed by atoms with Crippen LogP contribution in [0.2, 0.25) is 0 Å². The van der Waals surface area contributed by atoms with E-state index in [1.165, 1.54) is 12.1 Å². The zero-order valence-corrected chi connectivity index (χ0v) is 17.6. The normalized spacial score (nSPS) is 12.6. The summed E-state index contributed by atoms with van der Waals surface area (Å²) in [4.78, 5) is 4.67. The number of halogens is 1. The van der Waals surface area contributed by atoms with Crippen LogP contribution >= 0.6 is 0 Å². The zero-order chi connectivity index (χ0) is 21.5. The van der Waals surface area contributed by atoms with Gasteiger partial charge in [0.2, 0.25) is 0 Å². The van der Waals surface area contributed by atoms with E-state index in [9.17, 15) is 9.50 Å². The van der Waals surface area contributed by atoms with E-state index in [-0.39, 0.29) is 12.4 Å². The van der Waals surface area contributed by atoms with Crippen LogP contribution in [0.1, 0.15) is 35.5 Å². The summed E-state index contributed by atoms with van der Waals surface area (Å²) in [6.07, 6.45) is -0.767. The van der Waals surface area contributed by atoms with Crippen LogP contribution in [0.3, 0.4) is 0 Å². The molecule has 6 nitrogen and oxygen atoms in total. The second-order valence-electron chi connectivity index (χ2n) is 7.11. The smallest absolute Gasteiger partial charge is 0.191 e. The summed E-state index contributed by atoms with van der Waals surface area (Å²) in [5.41, 5.74) is 4.72. The fourth-order valence-electron chi connectivity index (χ4n) is 3.23. The zero-order valence-electron chi connectivity index (χ0n) is 17.6. The number of hydrogen-bond donors (Lipinski definition) is 3. The molecule has 3 aromatic rings. The standard InChI is InChI=1S/C23H28FN5O/c1-4-25-23(27-15-22(30)18-9-11-20(24)12-10-18)26-14-19-7-5-6-8-21(19)29-17(3)13-16(2)28-29/h5-13,22,30H,4,14-15H2,1-3H3,(H2,25,26,27). The highest BCUT2D eigenvalue weighted by Gasteiger charge is 2.11. The molecule has 0 amide bonds. The lowest BCUT2D eigenvalue weighted by molar-refractivity contribution is 0.180. The molecule has 1 heterocycles. The summed E-state index contributed by atoms with van der Waals surface area (Å²) < 4.78 is 15.0. The Bertz CT molecular complexity index is 997. The van der Waals surface area contributed by atoms with Crippen molar-refractivity contribution in [3.05, 3.63) is 82.9 Å². The van der Waals surface area contributed by atoms with Crippen LogP contribution in [0.5, 0.6) is 0 Å². The molecule has 7 heteroatoms. The fourth-order valence-corrected chi connectivity index (χ4v) is 3.23. The van der Waals surface area contributed by atoms with E-state index >= 15 is 0 Å². The van der Waals surface area contributed by atoms with E-state index < -0.39 is 6.10 Å². The Morgan fingerprint density at radius 2 is 1.87 bits per heavy atom. The first-order valence-corrected chi connectivity index (χ1v) is 10.0. The predicted molar refractivity (Wildman–Crippen MR) is 117 cm³/mol. The van der Waals surface area contributed by atoms with Crippen LogP contribution in [-0.4, -0.2) is 33.9 Å². The number of hydrogen-bond acceptors (Lipinski definition) is 3. The second-order valence-corrected chi connectivity index (χ2v) is 7.11. The van der Waals surface area contributed by atoms with Crippen LogP contribution < -0.4 is 10.6 Å². The highest BCUT2D eigenvalue weighted by atomic mass is 19.1. The van der Waals surface area contributed by atoms with Gasteiger partial charge in [0.25, 0.3) is 0 Å². The van der Waals surface area contributed by atoms with Gasteiger partial charge in [0.05, 0.1) is 24.0 Å². The Balaban J connectivity index is 1.72. The van der Waals surface area contributed by atoms with E-state index in [2.05, 4.69) is 20.7 Å². The summed E-state index contributed by atoms with van der Waals surface area (Å²) in [5.74, 6) is 0.275. The molecule has 1 aromatic heterocycles. The number of guanidine groups is 1. The topological polar surface area (TPSA) is 74.5 Å². The van der Waals surface area contributed by atoms with E-state index in [1.807, 2.05) is 55.8 Å².